The molecule has 1 N–H and O–H groups in total. The molecule has 0 amide bonds. The first-order valence-electron chi connectivity index (χ1n) is 6.92. The minimum absolute atomic E-state index is 0.384. The van der Waals surface area contributed by atoms with Crippen LogP contribution in [0.25, 0.3) is 0 Å². The Labute approximate surface area is 106 Å². The van der Waals surface area contributed by atoms with Gasteiger partial charge in [-0.2, -0.15) is 0 Å². The highest BCUT2D eigenvalue weighted by molar-refractivity contribution is 6.78. The summed E-state index contributed by atoms with van der Waals surface area (Å²) in [6, 6.07) is 12.3. The first kappa shape index (κ1) is 12.7. The molecular formula is C15H24OSi. The first-order chi connectivity index (χ1) is 8.13. The number of rotatable bonds is 3. The van der Waals surface area contributed by atoms with Gasteiger partial charge in [0, 0.05) is 0 Å². The van der Waals surface area contributed by atoms with Gasteiger partial charge in [-0.15, -0.1) is 0 Å². The van der Waals surface area contributed by atoms with Gasteiger partial charge in [0.15, 0.2) is 0 Å². The molecule has 1 heterocycles. The Hall–Kier alpha value is -0.763. The Morgan fingerprint density at radius 3 is 2.29 bits per heavy atom. The molecular weight excluding hydrogens is 224 g/mol. The molecule has 17 heavy (non-hydrogen) atoms. The zero-order valence-corrected chi connectivity index (χ0v) is 12.1. The van der Waals surface area contributed by atoms with E-state index in [2.05, 4.69) is 25.6 Å². The number of hydrogen-bond acceptors (Lipinski definition) is 1. The van der Waals surface area contributed by atoms with Crippen molar-refractivity contribution < 1.29 is 5.11 Å². The summed E-state index contributed by atoms with van der Waals surface area (Å²) < 4.78 is 0. The van der Waals surface area contributed by atoms with E-state index >= 15 is 0 Å². The summed E-state index contributed by atoms with van der Waals surface area (Å²) in [5.74, 6) is 1.13. The van der Waals surface area contributed by atoms with E-state index in [0.717, 1.165) is 5.92 Å². The average molecular weight is 248 g/mol. The third-order valence-corrected chi connectivity index (χ3v) is 9.11. The molecule has 0 radical (unpaired) electrons. The van der Waals surface area contributed by atoms with Crippen LogP contribution in [0.2, 0.25) is 24.7 Å². The lowest BCUT2D eigenvalue weighted by Crippen LogP contribution is -2.33. The normalized spacial score (nSPS) is 29.2. The van der Waals surface area contributed by atoms with E-state index in [0.29, 0.717) is 5.75 Å². The van der Waals surface area contributed by atoms with Crippen LogP contribution in [0.15, 0.2) is 24.3 Å². The Bertz CT molecular complexity index is 350. The van der Waals surface area contributed by atoms with Gasteiger partial charge in [-0.3, -0.25) is 0 Å². The Kier molecular flexibility index (Phi) is 3.92. The molecule has 0 bridgehead atoms. The standard InChI is InChI=1S/C15H24OSi/c1-3-10-17(2)11-8-14(9-12-17)13-4-6-15(16)7-5-13/h4-7,14,16H,3,8-12H2,1-2H3. The van der Waals surface area contributed by atoms with Gasteiger partial charge in [-0.05, 0) is 36.5 Å². The Balaban J connectivity index is 1.97. The summed E-state index contributed by atoms with van der Waals surface area (Å²) in [6.07, 6.45) is 4.10. The molecule has 0 unspecified atom stereocenters. The summed E-state index contributed by atoms with van der Waals surface area (Å²) >= 11 is 0. The van der Waals surface area contributed by atoms with Crippen LogP contribution >= 0.6 is 0 Å². The van der Waals surface area contributed by atoms with Gasteiger partial charge in [0.1, 0.15) is 5.75 Å². The van der Waals surface area contributed by atoms with Crippen molar-refractivity contribution in [1.29, 1.82) is 0 Å². The molecule has 1 aromatic rings. The summed E-state index contributed by atoms with van der Waals surface area (Å²) in [5, 5.41) is 9.31. The second-order valence-corrected chi connectivity index (χ2v) is 11.0. The molecule has 0 atom stereocenters. The molecule has 2 rings (SSSR count). The summed E-state index contributed by atoms with van der Waals surface area (Å²) in [5.41, 5.74) is 1.43. The first-order valence-corrected chi connectivity index (χ1v) is 10.0. The Morgan fingerprint density at radius 1 is 1.18 bits per heavy atom. The van der Waals surface area contributed by atoms with Crippen LogP contribution in [0, 0.1) is 0 Å². The quantitative estimate of drug-likeness (QED) is 0.765. The smallest absolute Gasteiger partial charge is 0.115 e. The van der Waals surface area contributed by atoms with Crippen LogP contribution in [0.1, 0.15) is 37.7 Å². The van der Waals surface area contributed by atoms with E-state index in [9.17, 15) is 5.11 Å². The third-order valence-electron chi connectivity index (χ3n) is 4.41. The van der Waals surface area contributed by atoms with Gasteiger partial charge in [0.2, 0.25) is 0 Å². The number of phenols is 1. The van der Waals surface area contributed by atoms with Gasteiger partial charge in [0.05, 0.1) is 8.07 Å². The molecule has 1 fully saturated rings. The van der Waals surface area contributed by atoms with Crippen LogP contribution < -0.4 is 0 Å². The second kappa shape index (κ2) is 5.26. The van der Waals surface area contributed by atoms with Crippen molar-refractivity contribution in [2.45, 2.75) is 56.8 Å². The molecule has 1 nitrogen and oxygen atoms in total. The summed E-state index contributed by atoms with van der Waals surface area (Å²) in [6.45, 7) is 4.91. The van der Waals surface area contributed by atoms with Crippen molar-refractivity contribution in [2.75, 3.05) is 0 Å². The maximum Gasteiger partial charge on any atom is 0.115 e. The minimum atomic E-state index is -0.872. The van der Waals surface area contributed by atoms with E-state index in [-0.39, 0.29) is 0 Å². The van der Waals surface area contributed by atoms with Crippen molar-refractivity contribution in [3.8, 4) is 5.75 Å². The van der Waals surface area contributed by atoms with Crippen molar-refractivity contribution in [3.63, 3.8) is 0 Å². The topological polar surface area (TPSA) is 20.2 Å². The maximum atomic E-state index is 9.31. The van der Waals surface area contributed by atoms with Crippen LogP contribution in [0.4, 0.5) is 0 Å². The van der Waals surface area contributed by atoms with Crippen molar-refractivity contribution >= 4 is 8.07 Å². The largest absolute Gasteiger partial charge is 0.508 e. The fourth-order valence-electron chi connectivity index (χ4n) is 3.25. The molecule has 0 saturated carbocycles. The second-order valence-electron chi connectivity index (χ2n) is 5.93. The zero-order chi connectivity index (χ0) is 12.3. The van der Waals surface area contributed by atoms with E-state index in [1.807, 2.05) is 12.1 Å². The van der Waals surface area contributed by atoms with Gasteiger partial charge < -0.3 is 5.11 Å². The maximum absolute atomic E-state index is 9.31. The summed E-state index contributed by atoms with van der Waals surface area (Å²) in [7, 11) is -0.872. The van der Waals surface area contributed by atoms with Crippen molar-refractivity contribution in [1.82, 2.24) is 0 Å². The van der Waals surface area contributed by atoms with Crippen LogP contribution in [0.5, 0.6) is 5.75 Å². The average Bonchev–Trinajstić information content (AvgIpc) is 2.31. The fourth-order valence-corrected chi connectivity index (χ4v) is 7.30. The van der Waals surface area contributed by atoms with Gasteiger partial charge in [-0.25, -0.2) is 0 Å². The zero-order valence-electron chi connectivity index (χ0n) is 11.1. The van der Waals surface area contributed by atoms with E-state index < -0.39 is 8.07 Å². The molecule has 0 spiro atoms. The lowest BCUT2D eigenvalue weighted by atomic mass is 9.93. The van der Waals surface area contributed by atoms with Gasteiger partial charge in [-0.1, -0.05) is 50.2 Å². The van der Waals surface area contributed by atoms with Crippen molar-refractivity contribution in [3.05, 3.63) is 29.8 Å². The Morgan fingerprint density at radius 2 is 1.76 bits per heavy atom. The molecule has 0 aromatic heterocycles. The van der Waals surface area contributed by atoms with Gasteiger partial charge in [0.25, 0.3) is 0 Å². The number of benzene rings is 1. The lowest BCUT2D eigenvalue weighted by molar-refractivity contribution is 0.474. The van der Waals surface area contributed by atoms with Crippen LogP contribution in [-0.2, 0) is 0 Å². The molecule has 1 aliphatic heterocycles. The number of phenolic OH excluding ortho intramolecular Hbond substituents is 1. The predicted molar refractivity (Wildman–Crippen MR) is 76.4 cm³/mol. The van der Waals surface area contributed by atoms with E-state index in [1.54, 1.807) is 0 Å². The fraction of sp³-hybridized carbons (Fsp3) is 0.600. The number of hydrogen-bond donors (Lipinski definition) is 1. The molecule has 2 heteroatoms. The van der Waals surface area contributed by atoms with Crippen LogP contribution in [-0.4, -0.2) is 13.2 Å². The minimum Gasteiger partial charge on any atom is -0.508 e. The van der Waals surface area contributed by atoms with E-state index in [4.69, 9.17) is 0 Å². The molecule has 1 aromatic carbocycles. The third kappa shape index (κ3) is 3.12. The number of aromatic hydroxyl groups is 1. The highest BCUT2D eigenvalue weighted by Crippen LogP contribution is 2.40. The molecule has 1 saturated heterocycles. The molecule has 1 aliphatic rings. The summed E-state index contributed by atoms with van der Waals surface area (Å²) in [4.78, 5) is 0. The molecule has 0 aliphatic carbocycles. The van der Waals surface area contributed by atoms with E-state index in [1.165, 1.54) is 43.0 Å². The predicted octanol–water partition coefficient (Wildman–Crippen LogP) is 4.76. The highest BCUT2D eigenvalue weighted by atomic mass is 28.3. The highest BCUT2D eigenvalue weighted by Gasteiger charge is 2.32. The lowest BCUT2D eigenvalue weighted by Gasteiger charge is -2.36. The van der Waals surface area contributed by atoms with Gasteiger partial charge >= 0.3 is 0 Å². The van der Waals surface area contributed by atoms with Crippen molar-refractivity contribution in [2.24, 2.45) is 0 Å². The van der Waals surface area contributed by atoms with Crippen LogP contribution in [0.3, 0.4) is 0 Å². The molecule has 94 valence electrons. The monoisotopic (exact) mass is 248 g/mol. The SMILES string of the molecule is CCC[Si]1(C)CCC(c2ccc(O)cc2)CC1.